The van der Waals surface area contributed by atoms with Crippen LogP contribution in [0.3, 0.4) is 0 Å². The highest BCUT2D eigenvalue weighted by Crippen LogP contribution is 2.11. The molecule has 112 valence electrons. The molecule has 0 radical (unpaired) electrons. The molecule has 2 aromatic rings. The molecule has 0 aromatic heterocycles. The summed E-state index contributed by atoms with van der Waals surface area (Å²) in [5, 5.41) is 17.6. The lowest BCUT2D eigenvalue weighted by atomic mass is 10.2. The molecule has 0 amide bonds. The Morgan fingerprint density at radius 1 is 1.27 bits per heavy atom. The average Bonchev–Trinajstić information content (AvgIpc) is 2.50. The average molecular weight is 318 g/mol. The first-order chi connectivity index (χ1) is 10.5. The van der Waals surface area contributed by atoms with E-state index in [-0.39, 0.29) is 16.6 Å². The van der Waals surface area contributed by atoms with Crippen LogP contribution in [0.5, 0.6) is 0 Å². The fourth-order valence-corrected chi connectivity index (χ4v) is 1.75. The van der Waals surface area contributed by atoms with Gasteiger partial charge in [0.1, 0.15) is 5.82 Å². The number of hydrogen-bond donors (Lipinski definition) is 2. The van der Waals surface area contributed by atoms with E-state index in [0.29, 0.717) is 11.3 Å². The fraction of sp³-hybridized carbons (Fsp3) is 0. The van der Waals surface area contributed by atoms with Crippen LogP contribution in [0.1, 0.15) is 5.56 Å². The highest BCUT2D eigenvalue weighted by atomic mass is 32.1. The van der Waals surface area contributed by atoms with Crippen molar-refractivity contribution in [2.45, 2.75) is 0 Å². The summed E-state index contributed by atoms with van der Waals surface area (Å²) < 4.78 is 12.8. The Kier molecular flexibility index (Phi) is 5.10. The summed E-state index contributed by atoms with van der Waals surface area (Å²) in [4.78, 5) is 10.2. The van der Waals surface area contributed by atoms with Gasteiger partial charge in [0.05, 0.1) is 11.1 Å². The Hall–Kier alpha value is -2.87. The lowest BCUT2D eigenvalue weighted by Gasteiger charge is -2.06. The molecule has 0 fully saturated rings. The Labute approximate surface area is 130 Å². The van der Waals surface area contributed by atoms with E-state index in [1.807, 2.05) is 0 Å². The van der Waals surface area contributed by atoms with Gasteiger partial charge in [-0.1, -0.05) is 12.1 Å². The third-order valence-corrected chi connectivity index (χ3v) is 2.76. The first-order valence-corrected chi connectivity index (χ1v) is 6.55. The van der Waals surface area contributed by atoms with Gasteiger partial charge in [0.2, 0.25) is 0 Å². The third-order valence-electron chi connectivity index (χ3n) is 2.56. The van der Waals surface area contributed by atoms with Crippen molar-refractivity contribution in [3.05, 3.63) is 70.0 Å². The van der Waals surface area contributed by atoms with Gasteiger partial charge in [-0.2, -0.15) is 5.10 Å². The summed E-state index contributed by atoms with van der Waals surface area (Å²) in [5.41, 5.74) is 3.73. The predicted octanol–water partition coefficient (Wildman–Crippen LogP) is 3.05. The van der Waals surface area contributed by atoms with Crippen LogP contribution in [0.25, 0.3) is 0 Å². The molecule has 2 N–H and O–H groups in total. The molecular weight excluding hydrogens is 307 g/mol. The van der Waals surface area contributed by atoms with Crippen LogP contribution < -0.4 is 10.7 Å². The first-order valence-electron chi connectivity index (χ1n) is 6.15. The number of nitrogens with one attached hydrogen (secondary N) is 2. The van der Waals surface area contributed by atoms with E-state index in [4.69, 9.17) is 12.2 Å². The van der Waals surface area contributed by atoms with E-state index in [0.717, 1.165) is 0 Å². The van der Waals surface area contributed by atoms with Gasteiger partial charge in [-0.25, -0.2) is 4.39 Å². The van der Waals surface area contributed by atoms with Gasteiger partial charge in [0, 0.05) is 23.4 Å². The lowest BCUT2D eigenvalue weighted by molar-refractivity contribution is -0.384. The predicted molar refractivity (Wildman–Crippen MR) is 86.4 cm³/mol. The van der Waals surface area contributed by atoms with Crippen molar-refractivity contribution in [2.24, 2.45) is 5.10 Å². The minimum absolute atomic E-state index is 0.0176. The SMILES string of the molecule is O=[N+]([O-])c1cccc(/C=N\NC(=S)Nc2ccc(F)cc2)c1. The van der Waals surface area contributed by atoms with Gasteiger partial charge < -0.3 is 5.32 Å². The number of hydrogen-bond acceptors (Lipinski definition) is 4. The molecule has 0 atom stereocenters. The number of nitro groups is 1. The summed E-state index contributed by atoms with van der Waals surface area (Å²) >= 11 is 5.01. The Balaban J connectivity index is 1.91. The minimum atomic E-state index is -0.481. The molecule has 0 spiro atoms. The van der Waals surface area contributed by atoms with E-state index in [2.05, 4.69) is 15.8 Å². The Bertz CT molecular complexity index is 719. The number of hydrazone groups is 1. The van der Waals surface area contributed by atoms with Crippen molar-refractivity contribution in [3.63, 3.8) is 0 Å². The van der Waals surface area contributed by atoms with Crippen molar-refractivity contribution < 1.29 is 9.31 Å². The molecule has 8 heteroatoms. The largest absolute Gasteiger partial charge is 0.331 e. The summed E-state index contributed by atoms with van der Waals surface area (Å²) in [5.74, 6) is -0.340. The number of anilines is 1. The van der Waals surface area contributed by atoms with E-state index < -0.39 is 4.92 Å². The first kappa shape index (κ1) is 15.5. The summed E-state index contributed by atoms with van der Waals surface area (Å²) in [6, 6.07) is 11.7. The molecule has 6 nitrogen and oxygen atoms in total. The Morgan fingerprint density at radius 3 is 2.68 bits per heavy atom. The number of nitrogens with zero attached hydrogens (tertiary/aromatic N) is 2. The topological polar surface area (TPSA) is 79.6 Å². The van der Waals surface area contributed by atoms with E-state index >= 15 is 0 Å². The van der Waals surface area contributed by atoms with E-state index in [1.165, 1.54) is 42.6 Å². The summed E-state index contributed by atoms with van der Waals surface area (Å²) in [6.07, 6.45) is 1.41. The van der Waals surface area contributed by atoms with Gasteiger partial charge >= 0.3 is 0 Å². The van der Waals surface area contributed by atoms with Gasteiger partial charge in [-0.15, -0.1) is 0 Å². The second kappa shape index (κ2) is 7.23. The standard InChI is InChI=1S/C14H11FN4O2S/c15-11-4-6-12(7-5-11)17-14(22)18-16-9-10-2-1-3-13(8-10)19(20)21/h1-9H,(H2,17,18,22)/b16-9-. The second-order valence-electron chi connectivity index (χ2n) is 4.18. The van der Waals surface area contributed by atoms with Crippen LogP contribution in [0, 0.1) is 15.9 Å². The quantitative estimate of drug-likeness (QED) is 0.392. The zero-order valence-electron chi connectivity index (χ0n) is 11.2. The number of nitro benzene ring substituents is 1. The molecule has 0 saturated heterocycles. The molecule has 22 heavy (non-hydrogen) atoms. The van der Waals surface area contributed by atoms with Crippen molar-refractivity contribution in [2.75, 3.05) is 5.32 Å². The number of thiocarbonyl (C=S) groups is 1. The van der Waals surface area contributed by atoms with Crippen molar-refractivity contribution in [1.82, 2.24) is 5.43 Å². The van der Waals surface area contributed by atoms with Crippen LogP contribution in [-0.4, -0.2) is 16.3 Å². The highest BCUT2D eigenvalue weighted by molar-refractivity contribution is 7.80. The molecular formula is C14H11FN4O2S. The van der Waals surface area contributed by atoms with Crippen LogP contribution in [0.4, 0.5) is 15.8 Å². The third kappa shape index (κ3) is 4.60. The monoisotopic (exact) mass is 318 g/mol. The van der Waals surface area contributed by atoms with Crippen LogP contribution >= 0.6 is 12.2 Å². The van der Waals surface area contributed by atoms with Gasteiger partial charge in [0.15, 0.2) is 5.11 Å². The van der Waals surface area contributed by atoms with Crippen molar-refractivity contribution in [3.8, 4) is 0 Å². The summed E-state index contributed by atoms with van der Waals surface area (Å²) in [7, 11) is 0. The molecule has 0 aliphatic carbocycles. The maximum absolute atomic E-state index is 12.8. The second-order valence-corrected chi connectivity index (χ2v) is 4.59. The molecule has 0 saturated carbocycles. The lowest BCUT2D eigenvalue weighted by Crippen LogP contribution is -2.23. The molecule has 0 aliphatic rings. The van der Waals surface area contributed by atoms with E-state index in [1.54, 1.807) is 12.1 Å². The number of benzene rings is 2. The summed E-state index contributed by atoms with van der Waals surface area (Å²) in [6.45, 7) is 0. The molecule has 0 unspecified atom stereocenters. The fourth-order valence-electron chi connectivity index (χ4n) is 1.58. The van der Waals surface area contributed by atoms with E-state index in [9.17, 15) is 14.5 Å². The zero-order valence-corrected chi connectivity index (χ0v) is 12.0. The minimum Gasteiger partial charge on any atom is -0.331 e. The maximum Gasteiger partial charge on any atom is 0.270 e. The Morgan fingerprint density at radius 2 is 2.00 bits per heavy atom. The molecule has 2 rings (SSSR count). The maximum atomic E-state index is 12.8. The van der Waals surface area contributed by atoms with Crippen LogP contribution in [0.2, 0.25) is 0 Å². The number of halogens is 1. The number of non-ortho nitro benzene ring substituents is 1. The number of rotatable bonds is 4. The zero-order chi connectivity index (χ0) is 15.9. The highest BCUT2D eigenvalue weighted by Gasteiger charge is 2.04. The van der Waals surface area contributed by atoms with Gasteiger partial charge in [-0.05, 0) is 36.5 Å². The molecule has 0 heterocycles. The molecule has 2 aromatic carbocycles. The smallest absolute Gasteiger partial charge is 0.270 e. The van der Waals surface area contributed by atoms with Crippen LogP contribution in [-0.2, 0) is 0 Å². The van der Waals surface area contributed by atoms with Gasteiger partial charge in [0.25, 0.3) is 5.69 Å². The van der Waals surface area contributed by atoms with Crippen LogP contribution in [0.15, 0.2) is 53.6 Å². The van der Waals surface area contributed by atoms with Crippen molar-refractivity contribution >= 4 is 34.9 Å². The van der Waals surface area contributed by atoms with Gasteiger partial charge in [-0.3, -0.25) is 15.5 Å². The normalized spacial score (nSPS) is 10.4. The molecule has 0 bridgehead atoms. The molecule has 0 aliphatic heterocycles. The van der Waals surface area contributed by atoms with Crippen molar-refractivity contribution in [1.29, 1.82) is 0 Å².